The van der Waals surface area contributed by atoms with Gasteiger partial charge in [-0.1, -0.05) is 29.8 Å². The van der Waals surface area contributed by atoms with Crippen molar-refractivity contribution in [2.24, 2.45) is 0 Å². The van der Waals surface area contributed by atoms with Gasteiger partial charge in [-0.3, -0.25) is 4.79 Å². The first-order valence-corrected chi connectivity index (χ1v) is 11.1. The number of carbonyl (C=O) groups is 2. The van der Waals surface area contributed by atoms with Crippen molar-refractivity contribution in [2.45, 2.75) is 20.4 Å². The van der Waals surface area contributed by atoms with Gasteiger partial charge in [0.05, 0.1) is 25.0 Å². The second-order valence-corrected chi connectivity index (χ2v) is 8.81. The van der Waals surface area contributed by atoms with Crippen LogP contribution < -0.4 is 5.32 Å². The second-order valence-electron chi connectivity index (χ2n) is 6.42. The summed E-state index contributed by atoms with van der Waals surface area (Å²) in [5.74, 6) is -0.953. The molecule has 0 saturated heterocycles. The Morgan fingerprint density at radius 2 is 1.86 bits per heavy atom. The number of carbonyl (C=O) groups excluding carboxylic acids is 2. The second kappa shape index (κ2) is 9.87. The van der Waals surface area contributed by atoms with Gasteiger partial charge in [-0.05, 0) is 49.2 Å². The molecule has 1 amide bonds. The van der Waals surface area contributed by atoms with E-state index in [1.54, 1.807) is 56.3 Å². The average Bonchev–Trinajstić information content (AvgIpc) is 2.64. The zero-order chi connectivity index (χ0) is 21.6. The molecule has 0 bridgehead atoms. The molecule has 2 rings (SSSR count). The van der Waals surface area contributed by atoms with Gasteiger partial charge in [0.1, 0.15) is 0 Å². The van der Waals surface area contributed by atoms with Crippen LogP contribution in [0.5, 0.6) is 0 Å². The van der Waals surface area contributed by atoms with Crippen LogP contribution in [0.25, 0.3) is 0 Å². The maximum atomic E-state index is 12.5. The van der Waals surface area contributed by atoms with Crippen LogP contribution in [0.1, 0.15) is 28.4 Å². The molecule has 1 N–H and O–H groups in total. The number of hydrogen-bond donors (Lipinski definition) is 1. The first-order chi connectivity index (χ1) is 13.6. The van der Waals surface area contributed by atoms with E-state index in [1.165, 1.54) is 0 Å². The van der Waals surface area contributed by atoms with E-state index in [0.29, 0.717) is 27.4 Å². The van der Waals surface area contributed by atoms with Gasteiger partial charge >= 0.3 is 5.97 Å². The maximum Gasteiger partial charge on any atom is 0.338 e. The molecular weight excluding hydrogens is 416 g/mol. The summed E-state index contributed by atoms with van der Waals surface area (Å²) >= 11 is 6.11. The monoisotopic (exact) mass is 438 g/mol. The lowest BCUT2D eigenvalue weighted by atomic mass is 10.1. The Labute approximate surface area is 175 Å². The summed E-state index contributed by atoms with van der Waals surface area (Å²) < 4.78 is 30.3. The molecule has 156 valence electrons. The van der Waals surface area contributed by atoms with Crippen molar-refractivity contribution >= 4 is 39.2 Å². The Balaban J connectivity index is 2.12. The van der Waals surface area contributed by atoms with Crippen molar-refractivity contribution < 1.29 is 22.7 Å². The summed E-state index contributed by atoms with van der Waals surface area (Å²) in [7, 11) is -3.65. The lowest BCUT2D eigenvalue weighted by molar-refractivity contribution is -0.116. The van der Waals surface area contributed by atoms with Crippen LogP contribution >= 0.6 is 11.6 Å². The predicted molar refractivity (Wildman–Crippen MR) is 112 cm³/mol. The van der Waals surface area contributed by atoms with Crippen LogP contribution in [-0.4, -0.2) is 44.0 Å². The third kappa shape index (κ3) is 6.56. The number of halogens is 1. The molecule has 2 aromatic carbocycles. The van der Waals surface area contributed by atoms with Gasteiger partial charge in [0.2, 0.25) is 15.9 Å². The SMILES string of the molecule is CCOC(=O)c1ccc(NC(=O)CN(Cc2ccccc2Cl)S(C)(=O)=O)c(C)c1. The molecular formula is C20H23ClN2O5S. The first kappa shape index (κ1) is 22.9. The smallest absolute Gasteiger partial charge is 0.338 e. The van der Waals surface area contributed by atoms with E-state index < -0.39 is 21.9 Å². The van der Waals surface area contributed by atoms with E-state index in [0.717, 1.165) is 10.6 Å². The lowest BCUT2D eigenvalue weighted by Gasteiger charge is -2.20. The summed E-state index contributed by atoms with van der Waals surface area (Å²) in [6.45, 7) is 3.32. The molecule has 2 aromatic rings. The highest BCUT2D eigenvalue weighted by molar-refractivity contribution is 7.88. The Bertz CT molecular complexity index is 1010. The number of aryl methyl sites for hydroxylation is 1. The Hall–Kier alpha value is -2.42. The van der Waals surface area contributed by atoms with Gasteiger partial charge in [0, 0.05) is 17.3 Å². The van der Waals surface area contributed by atoms with Gasteiger partial charge in [0.25, 0.3) is 0 Å². The van der Waals surface area contributed by atoms with Crippen molar-refractivity contribution in [3.05, 3.63) is 64.2 Å². The van der Waals surface area contributed by atoms with E-state index in [9.17, 15) is 18.0 Å². The number of ether oxygens (including phenoxy) is 1. The lowest BCUT2D eigenvalue weighted by Crippen LogP contribution is -2.37. The highest BCUT2D eigenvalue weighted by Gasteiger charge is 2.22. The maximum absolute atomic E-state index is 12.5. The normalized spacial score (nSPS) is 11.3. The summed E-state index contributed by atoms with van der Waals surface area (Å²) in [4.78, 5) is 24.3. The van der Waals surface area contributed by atoms with Crippen LogP contribution in [-0.2, 0) is 26.1 Å². The molecule has 0 radical (unpaired) electrons. The third-order valence-corrected chi connectivity index (χ3v) is 5.67. The largest absolute Gasteiger partial charge is 0.462 e. The van der Waals surface area contributed by atoms with E-state index in [4.69, 9.17) is 16.3 Å². The molecule has 7 nitrogen and oxygen atoms in total. The molecule has 0 spiro atoms. The molecule has 0 saturated carbocycles. The number of nitrogens with one attached hydrogen (secondary N) is 1. The molecule has 0 aromatic heterocycles. The zero-order valence-corrected chi connectivity index (χ0v) is 18.0. The third-order valence-electron chi connectivity index (χ3n) is 4.11. The number of benzene rings is 2. The van der Waals surface area contributed by atoms with Crippen LogP contribution in [0.4, 0.5) is 5.69 Å². The summed E-state index contributed by atoms with van der Waals surface area (Å²) in [6, 6.07) is 11.6. The number of anilines is 1. The number of sulfonamides is 1. The van der Waals surface area contributed by atoms with Crippen LogP contribution in [0.2, 0.25) is 5.02 Å². The number of rotatable bonds is 8. The quantitative estimate of drug-likeness (QED) is 0.639. The zero-order valence-electron chi connectivity index (χ0n) is 16.4. The molecule has 0 aliphatic carbocycles. The highest BCUT2D eigenvalue weighted by atomic mass is 35.5. The standard InChI is InChI=1S/C20H23ClN2O5S/c1-4-28-20(25)15-9-10-18(14(2)11-15)22-19(24)13-23(29(3,26)27)12-16-7-5-6-8-17(16)21/h5-11H,4,12-13H2,1-3H3,(H,22,24). The van der Waals surface area contributed by atoms with Crippen molar-refractivity contribution in [1.82, 2.24) is 4.31 Å². The summed E-state index contributed by atoms with van der Waals surface area (Å²) in [6.07, 6.45) is 1.04. The van der Waals surface area contributed by atoms with Gasteiger partial charge in [-0.25, -0.2) is 13.2 Å². The molecule has 0 atom stereocenters. The fourth-order valence-electron chi connectivity index (χ4n) is 2.60. The van der Waals surface area contributed by atoms with Crippen LogP contribution in [0, 0.1) is 6.92 Å². The minimum absolute atomic E-state index is 0.0211. The van der Waals surface area contributed by atoms with Crippen molar-refractivity contribution in [2.75, 3.05) is 24.7 Å². The average molecular weight is 439 g/mol. The summed E-state index contributed by atoms with van der Waals surface area (Å²) in [5, 5.41) is 3.10. The molecule has 9 heteroatoms. The number of amides is 1. The number of nitrogens with zero attached hydrogens (tertiary/aromatic N) is 1. The summed E-state index contributed by atoms with van der Waals surface area (Å²) in [5.41, 5.74) is 2.11. The molecule has 0 aliphatic rings. The molecule has 0 fully saturated rings. The van der Waals surface area contributed by atoms with E-state index in [-0.39, 0.29) is 19.7 Å². The fraction of sp³-hybridized carbons (Fsp3) is 0.300. The number of hydrogen-bond acceptors (Lipinski definition) is 5. The van der Waals surface area contributed by atoms with Crippen LogP contribution in [0.15, 0.2) is 42.5 Å². The fourth-order valence-corrected chi connectivity index (χ4v) is 3.52. The van der Waals surface area contributed by atoms with E-state index >= 15 is 0 Å². The minimum atomic E-state index is -3.65. The van der Waals surface area contributed by atoms with Gasteiger partial charge < -0.3 is 10.1 Å². The van der Waals surface area contributed by atoms with E-state index in [2.05, 4.69) is 5.32 Å². The van der Waals surface area contributed by atoms with Crippen molar-refractivity contribution in [3.63, 3.8) is 0 Å². The molecule has 29 heavy (non-hydrogen) atoms. The first-order valence-electron chi connectivity index (χ1n) is 8.88. The highest BCUT2D eigenvalue weighted by Crippen LogP contribution is 2.20. The van der Waals surface area contributed by atoms with Crippen LogP contribution in [0.3, 0.4) is 0 Å². The molecule has 0 heterocycles. The predicted octanol–water partition coefficient (Wildman–Crippen LogP) is 3.23. The molecule has 0 unspecified atom stereocenters. The van der Waals surface area contributed by atoms with Gasteiger partial charge in [-0.15, -0.1) is 0 Å². The van der Waals surface area contributed by atoms with E-state index in [1.807, 2.05) is 0 Å². The Morgan fingerprint density at radius 3 is 2.45 bits per heavy atom. The van der Waals surface area contributed by atoms with Crippen molar-refractivity contribution in [3.8, 4) is 0 Å². The number of esters is 1. The van der Waals surface area contributed by atoms with Gasteiger partial charge in [-0.2, -0.15) is 4.31 Å². The Morgan fingerprint density at radius 1 is 1.17 bits per heavy atom. The minimum Gasteiger partial charge on any atom is -0.462 e. The topological polar surface area (TPSA) is 92.8 Å². The Kier molecular flexibility index (Phi) is 7.78. The van der Waals surface area contributed by atoms with Crippen molar-refractivity contribution in [1.29, 1.82) is 0 Å². The van der Waals surface area contributed by atoms with Gasteiger partial charge in [0.15, 0.2) is 0 Å². The molecule has 0 aliphatic heterocycles.